The van der Waals surface area contributed by atoms with Crippen molar-refractivity contribution in [3.63, 3.8) is 0 Å². The second-order valence-corrected chi connectivity index (χ2v) is 6.92. The fraction of sp³-hybridized carbons (Fsp3) is 0.391. The molecule has 6 heteroatoms. The zero-order chi connectivity index (χ0) is 20.6. The predicted octanol–water partition coefficient (Wildman–Crippen LogP) is 4.05. The van der Waals surface area contributed by atoms with Crippen molar-refractivity contribution in [2.45, 2.75) is 45.3 Å². The maximum atomic E-state index is 12.8. The van der Waals surface area contributed by atoms with Crippen LogP contribution in [-0.2, 0) is 9.53 Å². The van der Waals surface area contributed by atoms with E-state index in [2.05, 4.69) is 5.32 Å². The zero-order valence-electron chi connectivity index (χ0n) is 16.9. The molecule has 1 fully saturated rings. The summed E-state index contributed by atoms with van der Waals surface area (Å²) in [6.07, 6.45) is 1.77. The second-order valence-electron chi connectivity index (χ2n) is 6.92. The molecular formula is C23H27NO5. The van der Waals surface area contributed by atoms with Gasteiger partial charge in [-0.05, 0) is 44.4 Å². The Morgan fingerprint density at radius 2 is 1.79 bits per heavy atom. The fourth-order valence-corrected chi connectivity index (χ4v) is 2.81. The molecule has 1 saturated carbocycles. The van der Waals surface area contributed by atoms with Crippen molar-refractivity contribution in [1.29, 1.82) is 0 Å². The van der Waals surface area contributed by atoms with Crippen molar-refractivity contribution in [1.82, 2.24) is 5.32 Å². The van der Waals surface area contributed by atoms with Crippen LogP contribution in [0.5, 0.6) is 11.5 Å². The molecule has 1 unspecified atom stereocenters. The summed E-state index contributed by atoms with van der Waals surface area (Å²) in [6.45, 7) is 4.88. The van der Waals surface area contributed by atoms with Gasteiger partial charge in [-0.3, -0.25) is 4.79 Å². The minimum Gasteiger partial charge on any atom is -0.490 e. The van der Waals surface area contributed by atoms with Crippen LogP contribution in [0.2, 0.25) is 0 Å². The molecule has 0 aliphatic heterocycles. The van der Waals surface area contributed by atoms with E-state index in [1.165, 1.54) is 0 Å². The van der Waals surface area contributed by atoms with Crippen LogP contribution in [0.15, 0.2) is 48.5 Å². The average molecular weight is 397 g/mol. The molecule has 1 N–H and O–H groups in total. The summed E-state index contributed by atoms with van der Waals surface area (Å²) in [4.78, 5) is 25.5. The minimum atomic E-state index is -1.00. The number of ether oxygens (including phenoxy) is 3. The molecular weight excluding hydrogens is 370 g/mol. The summed E-state index contributed by atoms with van der Waals surface area (Å²) < 4.78 is 16.9. The number of carbonyl (C=O) groups excluding carboxylic acids is 2. The van der Waals surface area contributed by atoms with Gasteiger partial charge < -0.3 is 19.5 Å². The van der Waals surface area contributed by atoms with E-state index in [1.54, 1.807) is 30.3 Å². The molecule has 3 rings (SSSR count). The van der Waals surface area contributed by atoms with Gasteiger partial charge in [-0.25, -0.2) is 4.79 Å². The number of esters is 1. The summed E-state index contributed by atoms with van der Waals surface area (Å²) in [5.41, 5.74) is 0.935. The predicted molar refractivity (Wildman–Crippen MR) is 109 cm³/mol. The molecule has 2 aromatic rings. The lowest BCUT2D eigenvalue weighted by atomic mass is 10.1. The Labute approximate surface area is 171 Å². The molecule has 1 aliphatic carbocycles. The lowest BCUT2D eigenvalue weighted by molar-refractivity contribution is -0.130. The third-order valence-corrected chi connectivity index (χ3v) is 4.43. The van der Waals surface area contributed by atoms with E-state index in [0.717, 1.165) is 19.3 Å². The molecule has 1 amide bonds. The molecule has 0 radical (unpaired) electrons. The van der Waals surface area contributed by atoms with Crippen LogP contribution in [0.3, 0.4) is 0 Å². The SMILES string of the molecule is CCCOc1ccc(C(=O)OC(C(=O)NC2CC2)c2ccccc2)cc1OCC. The number of carbonyl (C=O) groups is 2. The first-order valence-corrected chi connectivity index (χ1v) is 10.1. The monoisotopic (exact) mass is 397 g/mol. The van der Waals surface area contributed by atoms with Gasteiger partial charge in [0, 0.05) is 11.6 Å². The lowest BCUT2D eigenvalue weighted by Crippen LogP contribution is -2.33. The van der Waals surface area contributed by atoms with Crippen LogP contribution >= 0.6 is 0 Å². The molecule has 6 nitrogen and oxygen atoms in total. The number of benzene rings is 2. The molecule has 2 aromatic carbocycles. The van der Waals surface area contributed by atoms with Crippen molar-refractivity contribution >= 4 is 11.9 Å². The van der Waals surface area contributed by atoms with Crippen molar-refractivity contribution in [3.05, 3.63) is 59.7 Å². The van der Waals surface area contributed by atoms with E-state index in [0.29, 0.717) is 35.8 Å². The molecule has 0 spiro atoms. The van der Waals surface area contributed by atoms with Crippen molar-refractivity contribution in [2.24, 2.45) is 0 Å². The highest BCUT2D eigenvalue weighted by atomic mass is 16.5. The highest BCUT2D eigenvalue weighted by molar-refractivity contribution is 5.93. The topological polar surface area (TPSA) is 73.9 Å². The number of rotatable bonds is 10. The summed E-state index contributed by atoms with van der Waals surface area (Å²) in [5.74, 6) is 0.165. The molecule has 1 atom stereocenters. The third-order valence-electron chi connectivity index (χ3n) is 4.43. The van der Waals surface area contributed by atoms with E-state index in [9.17, 15) is 9.59 Å². The number of nitrogens with one attached hydrogen (secondary N) is 1. The largest absolute Gasteiger partial charge is 0.490 e. The Hall–Kier alpha value is -3.02. The molecule has 0 saturated heterocycles. The highest BCUT2D eigenvalue weighted by Crippen LogP contribution is 2.30. The maximum Gasteiger partial charge on any atom is 0.339 e. The smallest absolute Gasteiger partial charge is 0.339 e. The zero-order valence-corrected chi connectivity index (χ0v) is 16.9. The Kier molecular flexibility index (Phi) is 7.11. The van der Waals surface area contributed by atoms with Gasteiger partial charge in [0.15, 0.2) is 11.5 Å². The van der Waals surface area contributed by atoms with Gasteiger partial charge in [0.1, 0.15) is 0 Å². The summed E-state index contributed by atoms with van der Waals surface area (Å²) in [5, 5.41) is 2.91. The van der Waals surface area contributed by atoms with Crippen LogP contribution < -0.4 is 14.8 Å². The quantitative estimate of drug-likeness (QED) is 0.612. The van der Waals surface area contributed by atoms with Crippen LogP contribution in [-0.4, -0.2) is 31.1 Å². The first kappa shape index (κ1) is 20.7. The third kappa shape index (κ3) is 5.73. The van der Waals surface area contributed by atoms with Crippen LogP contribution in [0.4, 0.5) is 0 Å². The Morgan fingerprint density at radius 1 is 1.03 bits per heavy atom. The summed E-state index contributed by atoms with van der Waals surface area (Å²) >= 11 is 0. The summed E-state index contributed by atoms with van der Waals surface area (Å²) in [7, 11) is 0. The van der Waals surface area contributed by atoms with Gasteiger partial charge in [0.25, 0.3) is 5.91 Å². The Balaban J connectivity index is 1.79. The summed E-state index contributed by atoms with van der Waals surface area (Å²) in [6, 6.07) is 14.1. The van der Waals surface area contributed by atoms with E-state index in [4.69, 9.17) is 14.2 Å². The molecule has 0 heterocycles. The maximum absolute atomic E-state index is 12.8. The Bertz CT molecular complexity index is 832. The lowest BCUT2D eigenvalue weighted by Gasteiger charge is -2.18. The van der Waals surface area contributed by atoms with Gasteiger partial charge in [0.05, 0.1) is 18.8 Å². The van der Waals surface area contributed by atoms with E-state index >= 15 is 0 Å². The molecule has 0 bridgehead atoms. The van der Waals surface area contributed by atoms with Gasteiger partial charge in [-0.15, -0.1) is 0 Å². The molecule has 1 aliphatic rings. The minimum absolute atomic E-state index is 0.173. The second kappa shape index (κ2) is 9.96. The van der Waals surface area contributed by atoms with Crippen molar-refractivity contribution < 1.29 is 23.8 Å². The van der Waals surface area contributed by atoms with Gasteiger partial charge in [-0.1, -0.05) is 37.3 Å². The van der Waals surface area contributed by atoms with Gasteiger partial charge >= 0.3 is 5.97 Å². The molecule has 0 aromatic heterocycles. The van der Waals surface area contributed by atoms with E-state index in [-0.39, 0.29) is 11.9 Å². The first-order valence-electron chi connectivity index (χ1n) is 10.1. The number of hydrogen-bond acceptors (Lipinski definition) is 5. The Morgan fingerprint density at radius 3 is 2.45 bits per heavy atom. The standard InChI is InChI=1S/C23H27NO5/c1-3-14-28-19-13-10-17(15-20(19)27-4-2)23(26)29-21(16-8-6-5-7-9-16)22(25)24-18-11-12-18/h5-10,13,15,18,21H,3-4,11-12,14H2,1-2H3,(H,24,25). The van der Waals surface area contributed by atoms with E-state index < -0.39 is 12.1 Å². The molecule has 154 valence electrons. The van der Waals surface area contributed by atoms with Crippen LogP contribution in [0.25, 0.3) is 0 Å². The van der Waals surface area contributed by atoms with Crippen molar-refractivity contribution in [2.75, 3.05) is 13.2 Å². The average Bonchev–Trinajstić information content (AvgIpc) is 3.55. The molecule has 29 heavy (non-hydrogen) atoms. The normalized spacial score (nSPS) is 14.0. The van der Waals surface area contributed by atoms with Gasteiger partial charge in [-0.2, -0.15) is 0 Å². The number of hydrogen-bond donors (Lipinski definition) is 1. The first-order chi connectivity index (χ1) is 14.1. The fourth-order valence-electron chi connectivity index (χ4n) is 2.81. The van der Waals surface area contributed by atoms with E-state index in [1.807, 2.05) is 32.0 Å². The van der Waals surface area contributed by atoms with Gasteiger partial charge in [0.2, 0.25) is 6.10 Å². The highest BCUT2D eigenvalue weighted by Gasteiger charge is 2.31. The number of amides is 1. The van der Waals surface area contributed by atoms with Crippen molar-refractivity contribution in [3.8, 4) is 11.5 Å². The van der Waals surface area contributed by atoms with Crippen LogP contribution in [0, 0.1) is 0 Å². The van der Waals surface area contributed by atoms with Crippen LogP contribution in [0.1, 0.15) is 55.1 Å².